The number of imidazole rings is 2. The maximum atomic E-state index is 10.2. The topological polar surface area (TPSA) is 251 Å². The lowest BCUT2D eigenvalue weighted by Crippen LogP contribution is -2.33. The lowest BCUT2D eigenvalue weighted by molar-refractivity contribution is -0.0511. The van der Waals surface area contributed by atoms with Gasteiger partial charge in [0.1, 0.15) is 49.3 Å². The Morgan fingerprint density at radius 1 is 0.647 bits per heavy atom. The van der Waals surface area contributed by atoms with Gasteiger partial charge in [0.25, 0.3) is 0 Å². The number of nitrogens with one attached hydrogen (secondary N) is 2. The summed E-state index contributed by atoms with van der Waals surface area (Å²) in [6, 6.07) is 10.3. The Morgan fingerprint density at radius 2 is 1.18 bits per heavy atom. The predicted molar refractivity (Wildman–Crippen MR) is 181 cm³/mol. The van der Waals surface area contributed by atoms with Crippen LogP contribution in [0, 0.1) is 0 Å². The summed E-state index contributed by atoms with van der Waals surface area (Å²) in [5.41, 5.74) is 3.21. The van der Waals surface area contributed by atoms with E-state index in [9.17, 15) is 30.6 Å². The van der Waals surface area contributed by atoms with Gasteiger partial charge in [0.2, 0.25) is 0 Å². The summed E-state index contributed by atoms with van der Waals surface area (Å²) in [7, 11) is 0. The van der Waals surface area contributed by atoms with Crippen LogP contribution in [0.15, 0.2) is 55.6 Å². The molecule has 3 aliphatic rings. The van der Waals surface area contributed by atoms with Crippen molar-refractivity contribution in [2.24, 2.45) is 0 Å². The minimum Gasteiger partial charge on any atom is -0.394 e. The molecule has 2 aliphatic heterocycles. The van der Waals surface area contributed by atoms with E-state index >= 15 is 0 Å². The molecule has 8 N–H and O–H groups in total. The van der Waals surface area contributed by atoms with Gasteiger partial charge in [-0.25, -0.2) is 29.9 Å². The Hall–Kier alpha value is -4.40. The summed E-state index contributed by atoms with van der Waals surface area (Å²) in [6.45, 7) is -0.182. The molecular weight excluding hydrogens is 664 g/mol. The Morgan fingerprint density at radius 3 is 1.71 bits per heavy atom. The zero-order valence-electron chi connectivity index (χ0n) is 27.6. The maximum Gasteiger partial charge on any atom is 0.167 e. The van der Waals surface area contributed by atoms with Crippen molar-refractivity contribution in [3.63, 3.8) is 0 Å². The second-order valence-corrected chi connectivity index (χ2v) is 12.9. The van der Waals surface area contributed by atoms with Crippen LogP contribution in [0.1, 0.15) is 50.1 Å². The van der Waals surface area contributed by atoms with E-state index in [1.54, 1.807) is 4.57 Å². The van der Waals surface area contributed by atoms with Gasteiger partial charge in [-0.2, -0.15) is 0 Å². The van der Waals surface area contributed by atoms with Crippen LogP contribution in [0.25, 0.3) is 22.3 Å². The van der Waals surface area contributed by atoms with Crippen LogP contribution < -0.4 is 10.6 Å². The van der Waals surface area contributed by atoms with Crippen LogP contribution in [0.4, 0.5) is 11.6 Å². The largest absolute Gasteiger partial charge is 0.394 e. The number of anilines is 2. The first kappa shape index (κ1) is 35.0. The van der Waals surface area contributed by atoms with E-state index in [1.165, 1.54) is 49.1 Å². The van der Waals surface area contributed by atoms with Gasteiger partial charge in [0.05, 0.1) is 25.9 Å². The van der Waals surface area contributed by atoms with Gasteiger partial charge in [-0.3, -0.25) is 9.13 Å². The number of aliphatic hydroxyl groups is 6. The Kier molecular flexibility index (Phi) is 10.6. The summed E-state index contributed by atoms with van der Waals surface area (Å²) < 4.78 is 14.2. The summed E-state index contributed by atoms with van der Waals surface area (Å²) >= 11 is 0. The second kappa shape index (κ2) is 15.5. The third-order valence-electron chi connectivity index (χ3n) is 9.55. The second-order valence-electron chi connectivity index (χ2n) is 12.9. The standard InChI is InChI=1S/C17H19N5O4.C16H23N5O4/c23-7-11-13(24)14(25)17(26-11)22-9-21-12-15(19-8-20-16(12)22)18-6-10-4-2-1-3-5-10;22-6-10-12(23)13(24)16(25-10)21-8-19-11-14(17-7-18-15(11)21)20-9-4-2-1-3-5-9/h1-5,8-9,11,13-14,17,23-25H,6-7H2,(H,18,19,20);7-10,12-13,16,22-24H,1-6H2,(H,17,18,20). The number of hydrogen-bond acceptors (Lipinski definition) is 16. The highest BCUT2D eigenvalue weighted by Gasteiger charge is 2.45. The minimum absolute atomic E-state index is 0.370. The normalized spacial score (nSPS) is 28.2. The molecule has 18 nitrogen and oxygen atoms in total. The minimum atomic E-state index is -1.19. The molecule has 51 heavy (non-hydrogen) atoms. The molecule has 272 valence electrons. The van der Waals surface area contributed by atoms with E-state index < -0.39 is 49.1 Å². The number of rotatable bonds is 9. The number of aliphatic hydroxyl groups excluding tert-OH is 6. The fourth-order valence-electron chi connectivity index (χ4n) is 6.75. The van der Waals surface area contributed by atoms with Crippen molar-refractivity contribution in [2.45, 2.75) is 93.8 Å². The van der Waals surface area contributed by atoms with Crippen molar-refractivity contribution in [3.8, 4) is 0 Å². The molecule has 2 saturated heterocycles. The number of aromatic nitrogens is 8. The van der Waals surface area contributed by atoms with Crippen molar-refractivity contribution >= 4 is 34.0 Å². The van der Waals surface area contributed by atoms with E-state index in [-0.39, 0.29) is 13.2 Å². The van der Waals surface area contributed by atoms with Gasteiger partial charge in [0, 0.05) is 12.6 Å². The lowest BCUT2D eigenvalue weighted by atomic mass is 9.95. The first-order chi connectivity index (χ1) is 24.9. The molecular formula is C33H42N10O8. The van der Waals surface area contributed by atoms with E-state index in [1.807, 2.05) is 30.3 Å². The summed E-state index contributed by atoms with van der Waals surface area (Å²) in [4.78, 5) is 25.7. The zero-order valence-corrected chi connectivity index (χ0v) is 27.6. The van der Waals surface area contributed by atoms with E-state index in [2.05, 4.69) is 40.5 Å². The molecule has 5 aromatic rings. The van der Waals surface area contributed by atoms with Gasteiger partial charge in [0.15, 0.2) is 46.4 Å². The monoisotopic (exact) mass is 706 g/mol. The van der Waals surface area contributed by atoms with Crippen LogP contribution in [-0.2, 0) is 16.0 Å². The maximum absolute atomic E-state index is 10.2. The first-order valence-corrected chi connectivity index (χ1v) is 17.0. The highest BCUT2D eigenvalue weighted by molar-refractivity contribution is 5.83. The third-order valence-corrected chi connectivity index (χ3v) is 9.55. The van der Waals surface area contributed by atoms with Gasteiger partial charge in [-0.15, -0.1) is 0 Å². The fourth-order valence-corrected chi connectivity index (χ4v) is 6.75. The number of nitrogens with zero attached hydrogens (tertiary/aromatic N) is 8. The van der Waals surface area contributed by atoms with E-state index in [0.29, 0.717) is 46.6 Å². The number of benzene rings is 1. The number of fused-ring (bicyclic) bond motifs is 2. The molecule has 1 saturated carbocycles. The SMILES string of the molecule is OCC1OC(n2cnc3c(NC4CCCCC4)ncnc32)C(O)C1O.OCC1OC(n2cnc3c(NCc4ccccc4)ncnc32)C(O)C1O. The van der Waals surface area contributed by atoms with Crippen molar-refractivity contribution in [3.05, 3.63) is 61.2 Å². The molecule has 1 aliphatic carbocycles. The zero-order chi connectivity index (χ0) is 35.5. The lowest BCUT2D eigenvalue weighted by Gasteiger charge is -2.23. The highest BCUT2D eigenvalue weighted by atomic mass is 16.6. The fraction of sp³-hybridized carbons (Fsp3) is 0.515. The molecule has 8 unspecified atom stereocenters. The van der Waals surface area contributed by atoms with Crippen molar-refractivity contribution in [1.82, 2.24) is 39.0 Å². The molecule has 0 spiro atoms. The van der Waals surface area contributed by atoms with E-state index in [4.69, 9.17) is 9.47 Å². The number of hydrogen-bond donors (Lipinski definition) is 8. The van der Waals surface area contributed by atoms with E-state index in [0.717, 1.165) is 18.4 Å². The molecule has 1 aromatic carbocycles. The van der Waals surface area contributed by atoms with Crippen LogP contribution in [0.2, 0.25) is 0 Å². The van der Waals surface area contributed by atoms with Crippen LogP contribution in [0.5, 0.6) is 0 Å². The van der Waals surface area contributed by atoms with Gasteiger partial charge < -0.3 is 50.7 Å². The molecule has 6 heterocycles. The summed E-state index contributed by atoms with van der Waals surface area (Å²) in [5, 5.41) is 65.5. The molecule has 0 bridgehead atoms. The van der Waals surface area contributed by atoms with Gasteiger partial charge in [-0.1, -0.05) is 49.6 Å². The van der Waals surface area contributed by atoms with Crippen molar-refractivity contribution in [1.29, 1.82) is 0 Å². The summed E-state index contributed by atoms with van der Waals surface area (Å²) in [5.74, 6) is 1.23. The Balaban J connectivity index is 0.000000159. The third kappa shape index (κ3) is 7.09. The van der Waals surface area contributed by atoms with Crippen molar-refractivity contribution < 1.29 is 40.1 Å². The molecule has 3 fully saturated rings. The van der Waals surface area contributed by atoms with Gasteiger partial charge >= 0.3 is 0 Å². The predicted octanol–water partition coefficient (Wildman–Crippen LogP) is 0.232. The number of ether oxygens (including phenoxy) is 2. The average Bonchev–Trinajstić information content (AvgIpc) is 3.93. The molecule has 0 radical (unpaired) electrons. The quantitative estimate of drug-likeness (QED) is 0.102. The molecule has 8 rings (SSSR count). The van der Waals surface area contributed by atoms with Crippen LogP contribution >= 0.6 is 0 Å². The Labute approximate surface area is 291 Å². The smallest absolute Gasteiger partial charge is 0.167 e. The molecule has 4 aromatic heterocycles. The molecule has 18 heteroatoms. The van der Waals surface area contributed by atoms with Crippen molar-refractivity contribution in [2.75, 3.05) is 23.8 Å². The molecule has 0 amide bonds. The molecule has 8 atom stereocenters. The van der Waals surface area contributed by atoms with Crippen LogP contribution in [-0.4, -0.2) is 126 Å². The highest BCUT2D eigenvalue weighted by Crippen LogP contribution is 2.34. The summed E-state index contributed by atoms with van der Waals surface area (Å²) in [6.07, 6.45) is 3.64. The average molecular weight is 707 g/mol. The first-order valence-electron chi connectivity index (χ1n) is 17.0. The van der Waals surface area contributed by atoms with Crippen LogP contribution in [0.3, 0.4) is 0 Å². The van der Waals surface area contributed by atoms with Gasteiger partial charge in [-0.05, 0) is 18.4 Å². The Bertz CT molecular complexity index is 1890.